The van der Waals surface area contributed by atoms with E-state index >= 15 is 0 Å². The number of rotatable bonds is 6. The molecule has 0 spiro atoms. The second kappa shape index (κ2) is 7.32. The van der Waals surface area contributed by atoms with Gasteiger partial charge in [-0.1, -0.05) is 22.9 Å². The largest absolute Gasteiger partial charge is 0.472 e. The number of nitrogens with one attached hydrogen (secondary N) is 1. The van der Waals surface area contributed by atoms with Gasteiger partial charge in [0.15, 0.2) is 0 Å². The summed E-state index contributed by atoms with van der Waals surface area (Å²) in [6, 6.07) is 5.74. The number of halogens is 3. The molecule has 2 N–H and O–H groups in total. The molecule has 0 saturated heterocycles. The Labute approximate surface area is 133 Å². The molecule has 1 aromatic carbocycles. The lowest BCUT2D eigenvalue weighted by Crippen LogP contribution is -2.16. The fourth-order valence-electron chi connectivity index (χ4n) is 1.71. The lowest BCUT2D eigenvalue weighted by Gasteiger charge is -2.13. The third kappa shape index (κ3) is 4.01. The molecule has 1 aromatic heterocycles. The third-order valence-electron chi connectivity index (χ3n) is 2.60. The molecule has 0 bridgehead atoms. The summed E-state index contributed by atoms with van der Waals surface area (Å²) in [5, 5.41) is 12.6. The van der Waals surface area contributed by atoms with Crippen LogP contribution in [0.1, 0.15) is 15.9 Å². The summed E-state index contributed by atoms with van der Waals surface area (Å²) < 4.78 is 30.6. The highest BCUT2D eigenvalue weighted by atomic mass is 35.5. The van der Waals surface area contributed by atoms with Crippen molar-refractivity contribution in [1.29, 1.82) is 0 Å². The normalized spacial score (nSPS) is 10.7. The van der Waals surface area contributed by atoms with Crippen molar-refractivity contribution in [3.8, 4) is 5.88 Å². The predicted octanol–water partition coefficient (Wildman–Crippen LogP) is 2.90. The average Bonchev–Trinajstić information content (AvgIpc) is 2.90. The van der Waals surface area contributed by atoms with E-state index in [1.807, 2.05) is 4.84 Å². The molecular weight excluding hydrogens is 340 g/mol. The van der Waals surface area contributed by atoms with E-state index in [1.54, 1.807) is 0 Å². The SMILES string of the molecule is O=C(NCl)c1cccc(SC(F)F)c1COc1ccn(O)n1. The van der Waals surface area contributed by atoms with Crippen LogP contribution in [0.4, 0.5) is 8.78 Å². The Morgan fingerprint density at radius 3 is 2.86 bits per heavy atom. The van der Waals surface area contributed by atoms with Crippen LogP contribution in [0.15, 0.2) is 35.4 Å². The maximum atomic E-state index is 12.6. The van der Waals surface area contributed by atoms with E-state index < -0.39 is 11.7 Å². The number of amides is 1. The zero-order valence-corrected chi connectivity index (χ0v) is 12.4. The molecule has 1 amide bonds. The fourth-order valence-corrected chi connectivity index (χ4v) is 2.47. The predicted molar refractivity (Wildman–Crippen MR) is 75.4 cm³/mol. The monoisotopic (exact) mass is 349 g/mol. The van der Waals surface area contributed by atoms with Crippen LogP contribution in [0.3, 0.4) is 0 Å². The summed E-state index contributed by atoms with van der Waals surface area (Å²) in [6.07, 6.45) is 1.24. The van der Waals surface area contributed by atoms with Crippen LogP contribution in [-0.2, 0) is 6.61 Å². The summed E-state index contributed by atoms with van der Waals surface area (Å²) >= 11 is 5.59. The molecule has 118 valence electrons. The number of carbonyl (C=O) groups is 1. The van der Waals surface area contributed by atoms with Gasteiger partial charge in [-0.15, -0.1) is 4.85 Å². The minimum atomic E-state index is -2.65. The van der Waals surface area contributed by atoms with Crippen LogP contribution in [0.25, 0.3) is 0 Å². The van der Waals surface area contributed by atoms with Crippen LogP contribution < -0.4 is 9.57 Å². The molecule has 2 aromatic rings. The maximum absolute atomic E-state index is 12.6. The van der Waals surface area contributed by atoms with E-state index in [1.165, 1.54) is 30.5 Å². The Balaban J connectivity index is 2.29. The Hall–Kier alpha value is -2.00. The Morgan fingerprint density at radius 2 is 2.27 bits per heavy atom. The van der Waals surface area contributed by atoms with Crippen molar-refractivity contribution in [1.82, 2.24) is 14.8 Å². The molecule has 1 heterocycles. The summed E-state index contributed by atoms with van der Waals surface area (Å²) in [7, 11) is 0. The fraction of sp³-hybridized carbons (Fsp3) is 0.167. The van der Waals surface area contributed by atoms with Gasteiger partial charge in [-0.2, -0.15) is 8.78 Å². The highest BCUT2D eigenvalue weighted by Crippen LogP contribution is 2.31. The van der Waals surface area contributed by atoms with Gasteiger partial charge >= 0.3 is 0 Å². The number of aromatic nitrogens is 2. The molecule has 0 aliphatic rings. The van der Waals surface area contributed by atoms with Gasteiger partial charge in [-0.25, -0.2) is 0 Å². The Kier molecular flexibility index (Phi) is 5.45. The summed E-state index contributed by atoms with van der Waals surface area (Å²) in [4.78, 5) is 14.4. The molecule has 0 fully saturated rings. The minimum absolute atomic E-state index is 0.0802. The molecule has 0 saturated carbocycles. The Bertz CT molecular complexity index is 669. The number of alkyl halides is 2. The van der Waals surface area contributed by atoms with Gasteiger partial charge in [-0.3, -0.25) is 9.63 Å². The number of hydrogen-bond acceptors (Lipinski definition) is 5. The molecule has 0 aliphatic carbocycles. The van der Waals surface area contributed by atoms with Crippen molar-refractivity contribution in [3.63, 3.8) is 0 Å². The smallest absolute Gasteiger partial charge is 0.288 e. The molecule has 22 heavy (non-hydrogen) atoms. The second-order valence-electron chi connectivity index (χ2n) is 3.95. The molecule has 0 unspecified atom stereocenters. The average molecular weight is 350 g/mol. The number of thioether (sulfide) groups is 1. The van der Waals surface area contributed by atoms with Crippen molar-refractivity contribution in [2.75, 3.05) is 0 Å². The minimum Gasteiger partial charge on any atom is -0.472 e. The topological polar surface area (TPSA) is 76.4 Å². The summed E-state index contributed by atoms with van der Waals surface area (Å²) in [5.41, 5.74) is 0.363. The molecule has 2 rings (SSSR count). The quantitative estimate of drug-likeness (QED) is 0.476. The van der Waals surface area contributed by atoms with E-state index in [0.29, 0.717) is 16.6 Å². The highest BCUT2D eigenvalue weighted by Gasteiger charge is 2.18. The van der Waals surface area contributed by atoms with Crippen molar-refractivity contribution >= 4 is 29.4 Å². The maximum Gasteiger partial charge on any atom is 0.288 e. The molecule has 0 aliphatic heterocycles. The van der Waals surface area contributed by atoms with Crippen LogP contribution >= 0.6 is 23.5 Å². The molecule has 6 nitrogen and oxygen atoms in total. The van der Waals surface area contributed by atoms with Crippen LogP contribution in [0.2, 0.25) is 0 Å². The number of nitrogens with zero attached hydrogens (tertiary/aromatic N) is 2. The summed E-state index contributed by atoms with van der Waals surface area (Å²) in [6.45, 7) is -0.188. The third-order valence-corrected chi connectivity index (χ3v) is 3.58. The second-order valence-corrected chi connectivity index (χ2v) is 5.17. The van der Waals surface area contributed by atoms with Crippen molar-refractivity contribution in [3.05, 3.63) is 41.6 Å². The first-order valence-corrected chi connectivity index (χ1v) is 7.12. The first kappa shape index (κ1) is 16.4. The van der Waals surface area contributed by atoms with E-state index in [2.05, 4.69) is 5.10 Å². The van der Waals surface area contributed by atoms with Gasteiger partial charge in [0.25, 0.3) is 11.7 Å². The van der Waals surface area contributed by atoms with E-state index in [4.69, 9.17) is 21.7 Å². The number of ether oxygens (including phenoxy) is 1. The zero-order chi connectivity index (χ0) is 16.1. The van der Waals surface area contributed by atoms with Crippen LogP contribution in [-0.4, -0.2) is 26.8 Å². The van der Waals surface area contributed by atoms with Crippen LogP contribution in [0, 0.1) is 0 Å². The first-order valence-electron chi connectivity index (χ1n) is 5.86. The van der Waals surface area contributed by atoms with E-state index in [9.17, 15) is 13.6 Å². The highest BCUT2D eigenvalue weighted by molar-refractivity contribution is 7.99. The molecule has 0 radical (unpaired) electrons. The zero-order valence-electron chi connectivity index (χ0n) is 10.9. The van der Waals surface area contributed by atoms with Gasteiger partial charge in [0.1, 0.15) is 6.61 Å². The van der Waals surface area contributed by atoms with Gasteiger partial charge in [0.2, 0.25) is 5.88 Å². The number of hydrogen-bond donors (Lipinski definition) is 2. The van der Waals surface area contributed by atoms with Crippen LogP contribution in [0.5, 0.6) is 5.88 Å². The number of benzene rings is 1. The first-order chi connectivity index (χ1) is 10.5. The molecule has 10 heteroatoms. The van der Waals surface area contributed by atoms with Gasteiger partial charge in [0, 0.05) is 33.9 Å². The molecular formula is C12H10ClF2N3O3S. The van der Waals surface area contributed by atoms with Crippen molar-refractivity contribution in [2.45, 2.75) is 17.3 Å². The lowest BCUT2D eigenvalue weighted by atomic mass is 10.1. The number of carbonyl (C=O) groups excluding carboxylic acids is 1. The van der Waals surface area contributed by atoms with Crippen molar-refractivity contribution in [2.24, 2.45) is 0 Å². The van der Waals surface area contributed by atoms with Gasteiger partial charge in [0.05, 0.1) is 6.20 Å². The standard InChI is InChI=1S/C12H10ClF2N3O3S/c13-16-11(19)7-2-1-3-9(22-12(14)15)8(7)6-21-10-4-5-18(20)17-10/h1-5,12,20H,6H2,(H,16,19). The van der Waals surface area contributed by atoms with Crippen molar-refractivity contribution < 1.29 is 23.5 Å². The molecule has 0 atom stereocenters. The van der Waals surface area contributed by atoms with E-state index in [-0.39, 0.29) is 28.5 Å². The summed E-state index contributed by atoms with van der Waals surface area (Å²) in [5.74, 6) is -3.20. The van der Waals surface area contributed by atoms with Gasteiger partial charge < -0.3 is 9.94 Å². The van der Waals surface area contributed by atoms with E-state index in [0.717, 1.165) is 0 Å². The lowest BCUT2D eigenvalue weighted by molar-refractivity contribution is 0.0978. The Morgan fingerprint density at radius 1 is 1.50 bits per heavy atom. The van der Waals surface area contributed by atoms with Gasteiger partial charge in [-0.05, 0) is 12.1 Å².